The molecule has 2 aliphatic rings. The molecule has 1 aromatic carbocycles. The van der Waals surface area contributed by atoms with E-state index in [0.717, 1.165) is 25.7 Å². The van der Waals surface area contributed by atoms with Crippen LogP contribution in [0.4, 0.5) is 4.39 Å². The van der Waals surface area contributed by atoms with E-state index in [1.165, 1.54) is 18.6 Å². The Labute approximate surface area is 174 Å². The molecule has 28 heavy (non-hydrogen) atoms. The zero-order valence-corrected chi connectivity index (χ0v) is 17.7. The van der Waals surface area contributed by atoms with Crippen molar-refractivity contribution in [2.45, 2.75) is 58.1 Å². The van der Waals surface area contributed by atoms with E-state index in [9.17, 15) is 14.3 Å². The molecule has 1 aromatic rings. The van der Waals surface area contributed by atoms with Gasteiger partial charge in [-0.3, -0.25) is 4.79 Å². The summed E-state index contributed by atoms with van der Waals surface area (Å²) in [7, 11) is 0. The fraction of sp³-hybridized carbons (Fsp3) is 0.682. The maximum absolute atomic E-state index is 13.3. The van der Waals surface area contributed by atoms with Crippen molar-refractivity contribution in [3.05, 3.63) is 35.6 Å². The van der Waals surface area contributed by atoms with E-state index in [-0.39, 0.29) is 42.6 Å². The van der Waals surface area contributed by atoms with Crippen molar-refractivity contribution >= 4 is 18.3 Å². The number of aliphatic hydroxyl groups is 1. The first kappa shape index (κ1) is 23.1. The second kappa shape index (κ2) is 10.0. The third-order valence-corrected chi connectivity index (χ3v) is 6.31. The van der Waals surface area contributed by atoms with Crippen LogP contribution < -0.4 is 5.73 Å². The van der Waals surface area contributed by atoms with Crippen LogP contribution in [0.5, 0.6) is 0 Å². The summed E-state index contributed by atoms with van der Waals surface area (Å²) >= 11 is 0. The third kappa shape index (κ3) is 5.46. The minimum absolute atomic E-state index is 0. The molecule has 1 amide bonds. The zero-order valence-electron chi connectivity index (χ0n) is 16.9. The van der Waals surface area contributed by atoms with Crippen LogP contribution in [-0.4, -0.2) is 35.0 Å². The van der Waals surface area contributed by atoms with Crippen LogP contribution in [0.2, 0.25) is 0 Å². The van der Waals surface area contributed by atoms with Gasteiger partial charge in [0.15, 0.2) is 0 Å². The van der Waals surface area contributed by atoms with Gasteiger partial charge < -0.3 is 15.7 Å². The molecule has 2 aliphatic carbocycles. The Morgan fingerprint density at radius 3 is 2.29 bits per heavy atom. The monoisotopic (exact) mass is 412 g/mol. The highest BCUT2D eigenvalue weighted by Gasteiger charge is 2.41. The molecule has 0 heterocycles. The summed E-state index contributed by atoms with van der Waals surface area (Å²) in [5, 5.41) is 10.6. The number of hydrogen-bond donors (Lipinski definition) is 2. The third-order valence-electron chi connectivity index (χ3n) is 6.31. The summed E-state index contributed by atoms with van der Waals surface area (Å²) < 4.78 is 13.1. The fourth-order valence-corrected chi connectivity index (χ4v) is 4.94. The van der Waals surface area contributed by atoms with Crippen LogP contribution in [-0.2, 0) is 4.79 Å². The number of aliphatic hydroxyl groups excluding tert-OH is 1. The molecule has 158 valence electrons. The summed E-state index contributed by atoms with van der Waals surface area (Å²) in [5.41, 5.74) is 7.02. The van der Waals surface area contributed by atoms with E-state index in [2.05, 4.69) is 13.8 Å². The Hall–Kier alpha value is -1.17. The first-order valence-corrected chi connectivity index (χ1v) is 10.3. The summed E-state index contributed by atoms with van der Waals surface area (Å²) in [5.74, 6) is 1.06. The number of fused-ring (bicyclic) bond motifs is 2. The van der Waals surface area contributed by atoms with Crippen molar-refractivity contribution in [3.8, 4) is 0 Å². The predicted molar refractivity (Wildman–Crippen MR) is 112 cm³/mol. The van der Waals surface area contributed by atoms with Crippen LogP contribution in [0.25, 0.3) is 0 Å². The number of nitrogens with two attached hydrogens (primary N) is 1. The van der Waals surface area contributed by atoms with E-state index in [0.29, 0.717) is 29.9 Å². The van der Waals surface area contributed by atoms with Gasteiger partial charge in [0.1, 0.15) is 5.82 Å². The number of nitrogens with zero attached hydrogens (tertiary/aromatic N) is 1. The predicted octanol–water partition coefficient (Wildman–Crippen LogP) is 3.92. The van der Waals surface area contributed by atoms with Gasteiger partial charge in [0.25, 0.3) is 0 Å². The number of rotatable bonds is 6. The van der Waals surface area contributed by atoms with Crippen molar-refractivity contribution in [2.75, 3.05) is 13.1 Å². The number of benzene rings is 1. The van der Waals surface area contributed by atoms with Gasteiger partial charge in [-0.25, -0.2) is 4.39 Å². The summed E-state index contributed by atoms with van der Waals surface area (Å²) in [6.07, 6.45) is 4.42. The minimum Gasteiger partial charge on any atom is -0.387 e. The van der Waals surface area contributed by atoms with Gasteiger partial charge in [-0.2, -0.15) is 0 Å². The first-order chi connectivity index (χ1) is 12.8. The highest BCUT2D eigenvalue weighted by molar-refractivity contribution is 5.85. The lowest BCUT2D eigenvalue weighted by Crippen LogP contribution is -2.50. The summed E-state index contributed by atoms with van der Waals surface area (Å²) in [6.45, 7) is 5.03. The van der Waals surface area contributed by atoms with E-state index in [4.69, 9.17) is 5.73 Å². The standard InChI is InChI=1S/C22H33FN2O2.ClH/c1-14(2)12-25(13-20(26)15-6-8-19(23)9-7-15)22(27)18-10-16-4-3-5-17(11-18)21(16)24;/h6-9,14,16-18,20-21,26H,3-5,10-13,24H2,1-2H3;1H. The van der Waals surface area contributed by atoms with Crippen LogP contribution >= 0.6 is 12.4 Å². The average Bonchev–Trinajstić information content (AvgIpc) is 2.60. The first-order valence-electron chi connectivity index (χ1n) is 10.3. The quantitative estimate of drug-likeness (QED) is 0.744. The van der Waals surface area contributed by atoms with Gasteiger partial charge in [0.2, 0.25) is 5.91 Å². The molecule has 0 aliphatic heterocycles. The number of halogens is 2. The van der Waals surface area contributed by atoms with Crippen molar-refractivity contribution in [1.29, 1.82) is 0 Å². The average molecular weight is 413 g/mol. The van der Waals surface area contributed by atoms with Crippen LogP contribution in [0.15, 0.2) is 24.3 Å². The Balaban J connectivity index is 0.00000280. The molecule has 3 N–H and O–H groups in total. The molecule has 2 fully saturated rings. The highest BCUT2D eigenvalue weighted by atomic mass is 35.5. The summed E-state index contributed by atoms with van der Waals surface area (Å²) in [6, 6.07) is 6.10. The number of amides is 1. The van der Waals surface area contributed by atoms with Gasteiger partial charge >= 0.3 is 0 Å². The molecule has 0 saturated heterocycles. The molecule has 3 rings (SSSR count). The number of hydrogen-bond acceptors (Lipinski definition) is 3. The number of carbonyl (C=O) groups excluding carboxylic acids is 1. The molecular weight excluding hydrogens is 379 g/mol. The lowest BCUT2D eigenvalue weighted by Gasteiger charge is -2.44. The molecule has 0 radical (unpaired) electrons. The smallest absolute Gasteiger partial charge is 0.225 e. The molecule has 6 heteroatoms. The number of carbonyl (C=O) groups is 1. The topological polar surface area (TPSA) is 66.6 Å². The maximum Gasteiger partial charge on any atom is 0.225 e. The normalized spacial score (nSPS) is 27.8. The van der Waals surface area contributed by atoms with Gasteiger partial charge in [-0.1, -0.05) is 32.4 Å². The summed E-state index contributed by atoms with van der Waals surface area (Å²) in [4.78, 5) is 15.1. The van der Waals surface area contributed by atoms with E-state index in [1.54, 1.807) is 12.1 Å². The molecule has 4 nitrogen and oxygen atoms in total. The fourth-order valence-electron chi connectivity index (χ4n) is 4.94. The van der Waals surface area contributed by atoms with Crippen molar-refractivity contribution in [1.82, 2.24) is 4.90 Å². The van der Waals surface area contributed by atoms with E-state index < -0.39 is 6.10 Å². The second-order valence-electron chi connectivity index (χ2n) is 8.90. The molecule has 0 aromatic heterocycles. The Bertz CT molecular complexity index is 626. The van der Waals surface area contributed by atoms with Gasteiger partial charge in [-0.15, -0.1) is 12.4 Å². The zero-order chi connectivity index (χ0) is 19.6. The Morgan fingerprint density at radius 2 is 1.75 bits per heavy atom. The molecular formula is C22H34ClFN2O2. The van der Waals surface area contributed by atoms with Gasteiger partial charge in [0.05, 0.1) is 12.6 Å². The Morgan fingerprint density at radius 1 is 1.18 bits per heavy atom. The van der Waals surface area contributed by atoms with E-state index >= 15 is 0 Å². The van der Waals surface area contributed by atoms with Crippen molar-refractivity contribution in [3.63, 3.8) is 0 Å². The van der Waals surface area contributed by atoms with E-state index in [1.807, 2.05) is 4.90 Å². The van der Waals surface area contributed by atoms with Crippen LogP contribution in [0.3, 0.4) is 0 Å². The van der Waals surface area contributed by atoms with Crippen molar-refractivity contribution < 1.29 is 14.3 Å². The van der Waals surface area contributed by atoms with Gasteiger partial charge in [0, 0.05) is 18.5 Å². The largest absolute Gasteiger partial charge is 0.387 e. The maximum atomic E-state index is 13.3. The highest BCUT2D eigenvalue weighted by Crippen LogP contribution is 2.42. The van der Waals surface area contributed by atoms with Crippen LogP contribution in [0, 0.1) is 29.5 Å². The second-order valence-corrected chi connectivity index (χ2v) is 8.90. The lowest BCUT2D eigenvalue weighted by atomic mass is 9.65. The lowest BCUT2D eigenvalue weighted by molar-refractivity contribution is -0.140. The molecule has 2 saturated carbocycles. The molecule has 3 atom stereocenters. The molecule has 2 bridgehead atoms. The minimum atomic E-state index is -0.807. The SMILES string of the molecule is CC(C)CN(CC(O)c1ccc(F)cc1)C(=O)C1CC2CCCC(C1)C2N.Cl. The van der Waals surface area contributed by atoms with Gasteiger partial charge in [-0.05, 0) is 61.1 Å². The molecule has 0 spiro atoms. The van der Waals surface area contributed by atoms with Crippen LogP contribution in [0.1, 0.15) is 57.6 Å². The molecule has 3 unspecified atom stereocenters. The van der Waals surface area contributed by atoms with Crippen molar-refractivity contribution in [2.24, 2.45) is 29.4 Å². The Kier molecular flexibility index (Phi) is 8.29.